The van der Waals surface area contributed by atoms with Gasteiger partial charge in [-0.1, -0.05) is 6.07 Å². The zero-order valence-electron chi connectivity index (χ0n) is 21.7. The summed E-state index contributed by atoms with van der Waals surface area (Å²) in [6, 6.07) is 10.7. The number of nitrogens with zero attached hydrogens (tertiary/aromatic N) is 3. The van der Waals surface area contributed by atoms with Crippen LogP contribution in [0.4, 0.5) is 31.5 Å². The van der Waals surface area contributed by atoms with Gasteiger partial charge in [-0.15, -0.1) is 11.3 Å². The quantitative estimate of drug-likeness (QED) is 0.248. The smallest absolute Gasteiger partial charge is 0.325 e. The van der Waals surface area contributed by atoms with Crippen molar-refractivity contribution in [2.45, 2.75) is 4.90 Å². The summed E-state index contributed by atoms with van der Waals surface area (Å²) in [5, 5.41) is 7.19. The van der Waals surface area contributed by atoms with Crippen LogP contribution < -0.4 is 29.7 Å². The number of morpholine rings is 1. The second kappa shape index (κ2) is 12.4. The van der Waals surface area contributed by atoms with E-state index in [9.17, 15) is 17.6 Å². The lowest BCUT2D eigenvalue weighted by Crippen LogP contribution is -2.36. The molecule has 3 heterocycles. The minimum absolute atomic E-state index is 0.0298. The average Bonchev–Trinajstić information content (AvgIpc) is 3.48. The number of urea groups is 1. The standard InChI is InChI=1S/C26H25FN6O6S2/c1-37-22-4-2-3-19(27)24(22)39-21-7-5-17(15-20(21)30-25(34)31-26-28-9-14-40-26)32-41(35,36)18-6-8-23(29-16-18)33-10-12-38-13-11-33/h2-9,14-16,32H,10-13H2,1H3,(H2,28,30,31,34). The Morgan fingerprint density at radius 1 is 1.07 bits per heavy atom. The summed E-state index contributed by atoms with van der Waals surface area (Å²) < 4.78 is 59.7. The maximum absolute atomic E-state index is 14.6. The number of carbonyl (C=O) groups is 1. The number of nitrogens with one attached hydrogen (secondary N) is 3. The molecule has 15 heteroatoms. The van der Waals surface area contributed by atoms with E-state index in [-0.39, 0.29) is 33.5 Å². The van der Waals surface area contributed by atoms with Crippen molar-refractivity contribution in [3.63, 3.8) is 0 Å². The van der Waals surface area contributed by atoms with Crippen LogP contribution in [0.1, 0.15) is 0 Å². The Balaban J connectivity index is 1.40. The van der Waals surface area contributed by atoms with Gasteiger partial charge in [0.25, 0.3) is 10.0 Å². The fraction of sp³-hybridized carbons (Fsp3) is 0.192. The molecule has 1 fully saturated rings. The molecule has 214 valence electrons. The lowest BCUT2D eigenvalue weighted by Gasteiger charge is -2.27. The monoisotopic (exact) mass is 600 g/mol. The Kier molecular flexibility index (Phi) is 8.47. The molecule has 3 N–H and O–H groups in total. The van der Waals surface area contributed by atoms with Gasteiger partial charge in [-0.2, -0.15) is 0 Å². The third-order valence-corrected chi connectivity index (χ3v) is 7.92. The fourth-order valence-corrected chi connectivity index (χ4v) is 5.42. The van der Waals surface area contributed by atoms with Gasteiger partial charge in [-0.3, -0.25) is 10.0 Å². The number of aromatic nitrogens is 2. The van der Waals surface area contributed by atoms with Gasteiger partial charge in [-0.25, -0.2) is 27.6 Å². The van der Waals surface area contributed by atoms with Gasteiger partial charge in [0.05, 0.1) is 31.7 Å². The molecule has 0 radical (unpaired) electrons. The number of methoxy groups -OCH3 is 1. The van der Waals surface area contributed by atoms with E-state index in [0.717, 1.165) is 0 Å². The number of hydrogen-bond acceptors (Lipinski definition) is 10. The van der Waals surface area contributed by atoms with Crippen molar-refractivity contribution in [2.24, 2.45) is 0 Å². The first kappa shape index (κ1) is 28.1. The van der Waals surface area contributed by atoms with E-state index in [2.05, 4.69) is 25.3 Å². The molecule has 12 nitrogen and oxygen atoms in total. The second-order valence-corrected chi connectivity index (χ2v) is 11.1. The molecule has 0 aliphatic carbocycles. The van der Waals surface area contributed by atoms with Crippen molar-refractivity contribution in [3.8, 4) is 17.2 Å². The van der Waals surface area contributed by atoms with Crippen LogP contribution >= 0.6 is 11.3 Å². The predicted octanol–water partition coefficient (Wildman–Crippen LogP) is 4.76. The lowest BCUT2D eigenvalue weighted by atomic mass is 10.2. The van der Waals surface area contributed by atoms with E-state index in [1.165, 1.54) is 73.3 Å². The summed E-state index contributed by atoms with van der Waals surface area (Å²) >= 11 is 1.21. The Morgan fingerprint density at radius 3 is 2.61 bits per heavy atom. The summed E-state index contributed by atoms with van der Waals surface area (Å²) in [5.74, 6) is -0.100. The molecule has 1 saturated heterocycles. The topological polar surface area (TPSA) is 144 Å². The molecular formula is C26H25FN6O6S2. The first-order valence-electron chi connectivity index (χ1n) is 12.3. The number of para-hydroxylation sites is 1. The molecule has 4 aromatic rings. The zero-order valence-corrected chi connectivity index (χ0v) is 23.3. The first-order valence-corrected chi connectivity index (χ1v) is 14.6. The normalized spacial score (nSPS) is 13.4. The van der Waals surface area contributed by atoms with Gasteiger partial charge >= 0.3 is 6.03 Å². The maximum atomic E-state index is 14.6. The van der Waals surface area contributed by atoms with Gasteiger partial charge in [0, 0.05) is 30.9 Å². The number of ether oxygens (including phenoxy) is 3. The highest BCUT2D eigenvalue weighted by molar-refractivity contribution is 7.92. The van der Waals surface area contributed by atoms with Crippen molar-refractivity contribution in [3.05, 3.63) is 72.1 Å². The highest BCUT2D eigenvalue weighted by Crippen LogP contribution is 2.38. The van der Waals surface area contributed by atoms with Gasteiger partial charge in [0.1, 0.15) is 10.7 Å². The maximum Gasteiger partial charge on any atom is 0.325 e. The summed E-state index contributed by atoms with van der Waals surface area (Å²) in [6.07, 6.45) is 2.80. The van der Waals surface area contributed by atoms with E-state index in [4.69, 9.17) is 14.2 Å². The summed E-state index contributed by atoms with van der Waals surface area (Å²) in [5.41, 5.74) is 0.157. The van der Waals surface area contributed by atoms with Crippen LogP contribution in [0.5, 0.6) is 17.2 Å². The van der Waals surface area contributed by atoms with E-state index >= 15 is 0 Å². The summed E-state index contributed by atoms with van der Waals surface area (Å²) in [4.78, 5) is 22.9. The highest BCUT2D eigenvalue weighted by Gasteiger charge is 2.20. The largest absolute Gasteiger partial charge is 0.493 e. The Labute approximate surface area is 239 Å². The number of rotatable bonds is 9. The van der Waals surface area contributed by atoms with Crippen molar-refractivity contribution in [2.75, 3.05) is 53.7 Å². The lowest BCUT2D eigenvalue weighted by molar-refractivity contribution is 0.122. The van der Waals surface area contributed by atoms with Crippen molar-refractivity contribution >= 4 is 49.7 Å². The van der Waals surface area contributed by atoms with Crippen LogP contribution in [0.25, 0.3) is 0 Å². The first-order chi connectivity index (χ1) is 19.8. The Morgan fingerprint density at radius 2 is 1.90 bits per heavy atom. The molecule has 41 heavy (non-hydrogen) atoms. The third kappa shape index (κ3) is 6.82. The molecule has 2 amide bonds. The second-order valence-electron chi connectivity index (χ2n) is 8.56. The number of pyridine rings is 1. The fourth-order valence-electron chi connectivity index (χ4n) is 3.90. The van der Waals surface area contributed by atoms with E-state index in [1.807, 2.05) is 4.90 Å². The number of halogens is 1. The molecule has 2 aromatic carbocycles. The van der Waals surface area contributed by atoms with Crippen molar-refractivity contribution in [1.82, 2.24) is 9.97 Å². The number of sulfonamides is 1. The van der Waals surface area contributed by atoms with Crippen LogP contribution in [0, 0.1) is 5.82 Å². The number of benzene rings is 2. The van der Waals surface area contributed by atoms with Crippen LogP contribution in [0.15, 0.2) is 71.2 Å². The van der Waals surface area contributed by atoms with Crippen molar-refractivity contribution < 1.29 is 31.8 Å². The summed E-state index contributed by atoms with van der Waals surface area (Å²) in [7, 11) is -2.69. The number of carbonyl (C=O) groups excluding carboxylic acids is 1. The number of hydrogen-bond donors (Lipinski definition) is 3. The number of amides is 2. The SMILES string of the molecule is COc1cccc(F)c1Oc1ccc(NS(=O)(=O)c2ccc(N3CCOCC3)nc2)cc1NC(=O)Nc1nccs1. The molecule has 1 aliphatic heterocycles. The van der Waals surface area contributed by atoms with Crippen LogP contribution in [-0.4, -0.2) is 57.8 Å². The average molecular weight is 601 g/mol. The Bertz CT molecular complexity index is 1610. The molecule has 0 saturated carbocycles. The predicted molar refractivity (Wildman–Crippen MR) is 152 cm³/mol. The zero-order chi connectivity index (χ0) is 28.8. The molecular weight excluding hydrogens is 575 g/mol. The minimum Gasteiger partial charge on any atom is -0.493 e. The minimum atomic E-state index is -4.05. The number of thiazole rings is 1. The van der Waals surface area contributed by atoms with Gasteiger partial charge in [-0.05, 0) is 42.5 Å². The summed E-state index contributed by atoms with van der Waals surface area (Å²) in [6.45, 7) is 2.47. The van der Waals surface area contributed by atoms with Gasteiger partial charge in [0.15, 0.2) is 22.4 Å². The molecule has 5 rings (SSSR count). The van der Waals surface area contributed by atoms with Crippen LogP contribution in [-0.2, 0) is 14.8 Å². The number of anilines is 4. The molecule has 2 aromatic heterocycles. The van der Waals surface area contributed by atoms with Crippen LogP contribution in [0.3, 0.4) is 0 Å². The van der Waals surface area contributed by atoms with E-state index < -0.39 is 21.9 Å². The van der Waals surface area contributed by atoms with Crippen molar-refractivity contribution in [1.29, 1.82) is 0 Å². The molecule has 0 bridgehead atoms. The Hall–Kier alpha value is -4.47. The van der Waals surface area contributed by atoms with E-state index in [0.29, 0.717) is 37.3 Å². The van der Waals surface area contributed by atoms with Gasteiger partial charge < -0.3 is 24.4 Å². The molecule has 0 spiro atoms. The van der Waals surface area contributed by atoms with Crippen LogP contribution in [0.2, 0.25) is 0 Å². The molecule has 0 atom stereocenters. The highest BCUT2D eigenvalue weighted by atomic mass is 32.2. The van der Waals surface area contributed by atoms with Gasteiger partial charge in [0.2, 0.25) is 5.75 Å². The van der Waals surface area contributed by atoms with E-state index in [1.54, 1.807) is 11.4 Å². The molecule has 1 aliphatic rings. The third-order valence-electron chi connectivity index (χ3n) is 5.86. The molecule has 0 unspecified atom stereocenters.